The number of methoxy groups -OCH3 is 1. The van der Waals surface area contributed by atoms with E-state index in [9.17, 15) is 13.2 Å². The fraction of sp³-hybridized carbons (Fsp3) is 0.458. The normalized spacial score (nSPS) is 18.4. The fourth-order valence-corrected chi connectivity index (χ4v) is 6.11. The lowest BCUT2D eigenvalue weighted by Crippen LogP contribution is -2.49. The second kappa shape index (κ2) is 9.91. The molecule has 0 atom stereocenters. The summed E-state index contributed by atoms with van der Waals surface area (Å²) in [7, 11) is -2.01. The predicted octanol–water partition coefficient (Wildman–Crippen LogP) is 3.73. The summed E-state index contributed by atoms with van der Waals surface area (Å²) in [6.45, 7) is 5.45. The monoisotopic (exact) mass is 491 g/mol. The zero-order chi connectivity index (χ0) is 23.6. The van der Waals surface area contributed by atoms with E-state index in [0.717, 1.165) is 24.3 Å². The van der Waals surface area contributed by atoms with E-state index in [1.165, 1.54) is 22.5 Å². The first-order chi connectivity index (χ1) is 15.8. The number of rotatable bonds is 5. The highest BCUT2D eigenvalue weighted by molar-refractivity contribution is 7.89. The maximum atomic E-state index is 13.3. The molecular weight excluding hydrogens is 462 g/mol. The zero-order valence-electron chi connectivity index (χ0n) is 19.0. The van der Waals surface area contributed by atoms with Crippen LogP contribution >= 0.6 is 11.6 Å². The maximum Gasteiger partial charge on any atom is 0.255 e. The number of piperazine rings is 1. The van der Waals surface area contributed by atoms with Crippen molar-refractivity contribution in [3.63, 3.8) is 0 Å². The molecule has 0 aliphatic carbocycles. The van der Waals surface area contributed by atoms with Gasteiger partial charge in [0.05, 0.1) is 28.3 Å². The zero-order valence-corrected chi connectivity index (χ0v) is 20.6. The number of ether oxygens (including phenoxy) is 1. The van der Waals surface area contributed by atoms with Crippen LogP contribution in [-0.2, 0) is 10.0 Å². The second-order valence-electron chi connectivity index (χ2n) is 8.68. The third-order valence-electron chi connectivity index (χ3n) is 6.54. The van der Waals surface area contributed by atoms with Gasteiger partial charge in [-0.15, -0.1) is 0 Å². The van der Waals surface area contributed by atoms with E-state index in [4.69, 9.17) is 16.3 Å². The number of benzene rings is 2. The number of carbonyl (C=O) groups excluding carboxylic acids is 1. The van der Waals surface area contributed by atoms with Crippen molar-refractivity contribution in [2.75, 3.05) is 51.3 Å². The van der Waals surface area contributed by atoms with Crippen molar-refractivity contribution >= 4 is 33.2 Å². The number of hydrogen-bond donors (Lipinski definition) is 0. The molecule has 2 fully saturated rings. The molecule has 33 heavy (non-hydrogen) atoms. The summed E-state index contributed by atoms with van der Waals surface area (Å²) in [6, 6.07) is 12.3. The minimum atomic E-state index is -3.66. The van der Waals surface area contributed by atoms with Gasteiger partial charge in [0.1, 0.15) is 5.75 Å². The van der Waals surface area contributed by atoms with Gasteiger partial charge in [0.2, 0.25) is 10.0 Å². The van der Waals surface area contributed by atoms with Crippen LogP contribution in [0.2, 0.25) is 5.02 Å². The van der Waals surface area contributed by atoms with E-state index >= 15 is 0 Å². The summed E-state index contributed by atoms with van der Waals surface area (Å²) >= 11 is 6.35. The Morgan fingerprint density at radius 1 is 1.00 bits per heavy atom. The van der Waals surface area contributed by atoms with Crippen molar-refractivity contribution < 1.29 is 17.9 Å². The van der Waals surface area contributed by atoms with Crippen molar-refractivity contribution in [1.82, 2.24) is 9.21 Å². The van der Waals surface area contributed by atoms with Crippen LogP contribution in [0.15, 0.2) is 47.4 Å². The Morgan fingerprint density at radius 2 is 1.67 bits per heavy atom. The van der Waals surface area contributed by atoms with E-state index in [2.05, 4.69) is 11.8 Å². The number of nitrogens with zero attached hydrogens (tertiary/aromatic N) is 3. The van der Waals surface area contributed by atoms with Crippen molar-refractivity contribution in [3.05, 3.63) is 53.1 Å². The molecule has 9 heteroatoms. The molecule has 0 aromatic heterocycles. The van der Waals surface area contributed by atoms with Gasteiger partial charge in [0, 0.05) is 39.3 Å². The Kier molecular flexibility index (Phi) is 7.16. The topological polar surface area (TPSA) is 70.2 Å². The largest absolute Gasteiger partial charge is 0.495 e. The average Bonchev–Trinajstić information content (AvgIpc) is 2.84. The Labute approximate surface area is 200 Å². The summed E-state index contributed by atoms with van der Waals surface area (Å²) in [5.41, 5.74) is 1.22. The highest BCUT2D eigenvalue weighted by Crippen LogP contribution is 2.30. The molecule has 2 aromatic carbocycles. The first-order valence-electron chi connectivity index (χ1n) is 11.3. The minimum Gasteiger partial charge on any atom is -0.495 e. The highest BCUT2D eigenvalue weighted by atomic mass is 35.5. The van der Waals surface area contributed by atoms with Crippen molar-refractivity contribution in [2.45, 2.75) is 24.7 Å². The number of hydrogen-bond acceptors (Lipinski definition) is 5. The molecule has 178 valence electrons. The number of carbonyl (C=O) groups is 1. The molecule has 0 bridgehead atoms. The molecule has 4 rings (SSSR count). The van der Waals surface area contributed by atoms with E-state index < -0.39 is 10.0 Å². The van der Waals surface area contributed by atoms with E-state index in [1.54, 1.807) is 12.0 Å². The molecular formula is C24H30ClN3O4S. The third-order valence-corrected chi connectivity index (χ3v) is 8.77. The van der Waals surface area contributed by atoms with Crippen LogP contribution < -0.4 is 9.64 Å². The molecule has 0 spiro atoms. The van der Waals surface area contributed by atoms with Gasteiger partial charge in [-0.25, -0.2) is 8.42 Å². The van der Waals surface area contributed by atoms with Crippen molar-refractivity contribution in [1.29, 1.82) is 0 Å². The van der Waals surface area contributed by atoms with Gasteiger partial charge in [-0.2, -0.15) is 4.31 Å². The lowest BCUT2D eigenvalue weighted by Gasteiger charge is -2.36. The van der Waals surface area contributed by atoms with Gasteiger partial charge >= 0.3 is 0 Å². The summed E-state index contributed by atoms with van der Waals surface area (Å²) in [5, 5.41) is 0.262. The molecule has 7 nitrogen and oxygen atoms in total. The predicted molar refractivity (Wildman–Crippen MR) is 130 cm³/mol. The van der Waals surface area contributed by atoms with Crippen LogP contribution in [0.1, 0.15) is 30.1 Å². The van der Waals surface area contributed by atoms with Gasteiger partial charge < -0.3 is 14.5 Å². The van der Waals surface area contributed by atoms with Crippen molar-refractivity contribution in [3.8, 4) is 5.75 Å². The number of anilines is 1. The standard InChI is InChI=1S/C24H30ClN3O4S/c1-18-9-11-28(12-10-18)33(30,31)19-7-8-21(25)20(17-19)24(29)27-15-13-26(14-16-27)22-5-3-4-6-23(22)32-2/h3-8,17-18H,9-16H2,1-2H3. The summed E-state index contributed by atoms with van der Waals surface area (Å²) in [6.07, 6.45) is 1.68. The molecule has 0 N–H and O–H groups in total. The van der Waals surface area contributed by atoms with Gasteiger partial charge in [-0.05, 0) is 49.1 Å². The highest BCUT2D eigenvalue weighted by Gasteiger charge is 2.30. The molecule has 0 saturated carbocycles. The molecule has 2 heterocycles. The van der Waals surface area contributed by atoms with E-state index in [1.807, 2.05) is 24.3 Å². The molecule has 2 aliphatic heterocycles. The number of amides is 1. The third kappa shape index (κ3) is 4.98. The number of piperidine rings is 1. The number of sulfonamides is 1. The minimum absolute atomic E-state index is 0.123. The Hall–Kier alpha value is -2.29. The van der Waals surface area contributed by atoms with Gasteiger partial charge in [-0.1, -0.05) is 30.7 Å². The molecule has 0 unspecified atom stereocenters. The molecule has 1 amide bonds. The Morgan fingerprint density at radius 3 is 2.33 bits per heavy atom. The van der Waals surface area contributed by atoms with Gasteiger partial charge in [-0.3, -0.25) is 4.79 Å². The smallest absolute Gasteiger partial charge is 0.255 e. The lowest BCUT2D eigenvalue weighted by molar-refractivity contribution is 0.0746. The van der Waals surface area contributed by atoms with Crippen LogP contribution in [0.5, 0.6) is 5.75 Å². The van der Waals surface area contributed by atoms with Crippen LogP contribution in [0.3, 0.4) is 0 Å². The number of halogens is 1. The molecule has 2 saturated heterocycles. The van der Waals surface area contributed by atoms with Crippen LogP contribution in [-0.4, -0.2) is 69.9 Å². The first kappa shape index (κ1) is 23.9. The first-order valence-corrected chi connectivity index (χ1v) is 13.1. The molecule has 2 aliphatic rings. The Bertz CT molecular complexity index is 1110. The van der Waals surface area contributed by atoms with Gasteiger partial charge in [0.25, 0.3) is 5.91 Å². The van der Waals surface area contributed by atoms with Crippen LogP contribution in [0.25, 0.3) is 0 Å². The Balaban J connectivity index is 1.49. The van der Waals surface area contributed by atoms with Gasteiger partial charge in [0.15, 0.2) is 0 Å². The van der Waals surface area contributed by atoms with E-state index in [0.29, 0.717) is 45.2 Å². The summed E-state index contributed by atoms with van der Waals surface area (Å²) in [4.78, 5) is 17.3. The van der Waals surface area contributed by atoms with E-state index in [-0.39, 0.29) is 21.4 Å². The van der Waals surface area contributed by atoms with Crippen LogP contribution in [0, 0.1) is 5.92 Å². The lowest BCUT2D eigenvalue weighted by atomic mass is 10.0. The molecule has 0 radical (unpaired) electrons. The fourth-order valence-electron chi connectivity index (χ4n) is 4.41. The van der Waals surface area contributed by atoms with Crippen molar-refractivity contribution in [2.24, 2.45) is 5.92 Å². The van der Waals surface area contributed by atoms with Crippen LogP contribution in [0.4, 0.5) is 5.69 Å². The maximum absolute atomic E-state index is 13.3. The number of para-hydroxylation sites is 2. The summed E-state index contributed by atoms with van der Waals surface area (Å²) in [5.74, 6) is 1.07. The second-order valence-corrected chi connectivity index (χ2v) is 11.0. The molecule has 2 aromatic rings. The quantitative estimate of drug-likeness (QED) is 0.637. The average molecular weight is 492 g/mol. The SMILES string of the molecule is COc1ccccc1N1CCN(C(=O)c2cc(S(=O)(=O)N3CCC(C)CC3)ccc2Cl)CC1. The summed E-state index contributed by atoms with van der Waals surface area (Å²) < 4.78 is 33.3.